The Kier molecular flexibility index (Phi) is 5.67. The van der Waals surface area contributed by atoms with Gasteiger partial charge in [-0.2, -0.15) is 0 Å². The molecule has 0 heterocycles. The molecule has 90 valence electrons. The molecule has 16 heavy (non-hydrogen) atoms. The molecule has 1 aliphatic carbocycles. The standard InChI is InChI=1S/C12H22N4/c13-11(14)6-7-12(15)16-9-8-10-4-2-1-3-5-10/h2,4-5,7,11,16H,1,3,6,8-9,13-15H2/b12-7+. The Morgan fingerprint density at radius 3 is 2.88 bits per heavy atom. The van der Waals surface area contributed by atoms with E-state index in [9.17, 15) is 0 Å². The van der Waals surface area contributed by atoms with Crippen LogP contribution in [0.4, 0.5) is 0 Å². The lowest BCUT2D eigenvalue weighted by molar-refractivity contribution is 0.702. The smallest absolute Gasteiger partial charge is 0.0920 e. The zero-order chi connectivity index (χ0) is 11.8. The summed E-state index contributed by atoms with van der Waals surface area (Å²) in [6.45, 7) is 0.846. The Morgan fingerprint density at radius 1 is 1.44 bits per heavy atom. The Hall–Kier alpha value is -1.26. The van der Waals surface area contributed by atoms with Crippen LogP contribution in [0.25, 0.3) is 0 Å². The van der Waals surface area contributed by atoms with Crippen molar-refractivity contribution in [2.24, 2.45) is 17.2 Å². The van der Waals surface area contributed by atoms with E-state index in [1.165, 1.54) is 5.57 Å². The molecular weight excluding hydrogens is 200 g/mol. The summed E-state index contributed by atoms with van der Waals surface area (Å²) in [5.74, 6) is 0.654. The number of hydrogen-bond donors (Lipinski definition) is 4. The molecule has 0 saturated carbocycles. The Labute approximate surface area is 97.2 Å². The van der Waals surface area contributed by atoms with Gasteiger partial charge in [-0.05, 0) is 31.8 Å². The van der Waals surface area contributed by atoms with Crippen LogP contribution in [0.2, 0.25) is 0 Å². The molecule has 0 unspecified atom stereocenters. The Balaban J connectivity index is 2.17. The van der Waals surface area contributed by atoms with Gasteiger partial charge in [0.05, 0.1) is 12.0 Å². The van der Waals surface area contributed by atoms with Gasteiger partial charge < -0.3 is 22.5 Å². The van der Waals surface area contributed by atoms with Crippen LogP contribution in [0.3, 0.4) is 0 Å². The number of nitrogens with two attached hydrogens (primary N) is 3. The third-order valence-electron chi connectivity index (χ3n) is 2.42. The fraction of sp³-hybridized carbons (Fsp3) is 0.500. The van der Waals surface area contributed by atoms with Crippen molar-refractivity contribution < 1.29 is 0 Å². The van der Waals surface area contributed by atoms with Gasteiger partial charge in [0.2, 0.25) is 0 Å². The molecule has 0 amide bonds. The first-order chi connectivity index (χ1) is 7.68. The minimum Gasteiger partial charge on any atom is -0.386 e. The van der Waals surface area contributed by atoms with Crippen LogP contribution in [0.1, 0.15) is 25.7 Å². The van der Waals surface area contributed by atoms with E-state index in [0.717, 1.165) is 25.8 Å². The number of nitrogens with one attached hydrogen (secondary N) is 1. The summed E-state index contributed by atoms with van der Waals surface area (Å²) in [6, 6.07) is 0. The van der Waals surface area contributed by atoms with Crippen LogP contribution in [0.5, 0.6) is 0 Å². The van der Waals surface area contributed by atoms with Crippen molar-refractivity contribution in [1.29, 1.82) is 0 Å². The molecule has 4 heteroatoms. The fourth-order valence-corrected chi connectivity index (χ4v) is 1.54. The van der Waals surface area contributed by atoms with Crippen molar-refractivity contribution in [1.82, 2.24) is 5.32 Å². The first-order valence-corrected chi connectivity index (χ1v) is 5.74. The topological polar surface area (TPSA) is 90.1 Å². The zero-order valence-corrected chi connectivity index (χ0v) is 9.65. The second-order valence-electron chi connectivity index (χ2n) is 3.99. The van der Waals surface area contributed by atoms with Crippen molar-refractivity contribution in [3.05, 3.63) is 35.7 Å². The SMILES string of the molecule is N/C(=C\CC(N)N)NCCC1=CCCC=C1. The highest BCUT2D eigenvalue weighted by Gasteiger charge is 1.97. The van der Waals surface area contributed by atoms with E-state index < -0.39 is 0 Å². The average molecular weight is 222 g/mol. The summed E-state index contributed by atoms with van der Waals surface area (Å²) < 4.78 is 0. The van der Waals surface area contributed by atoms with Crippen molar-refractivity contribution >= 4 is 0 Å². The normalized spacial score (nSPS) is 16.4. The molecular formula is C12H22N4. The minimum absolute atomic E-state index is 0.329. The molecule has 0 saturated heterocycles. The molecule has 0 atom stereocenters. The lowest BCUT2D eigenvalue weighted by atomic mass is 10.0. The molecule has 0 bridgehead atoms. The van der Waals surface area contributed by atoms with E-state index in [4.69, 9.17) is 17.2 Å². The van der Waals surface area contributed by atoms with Crippen molar-refractivity contribution in [2.45, 2.75) is 31.8 Å². The molecule has 0 spiro atoms. The van der Waals surface area contributed by atoms with E-state index in [1.807, 2.05) is 6.08 Å². The van der Waals surface area contributed by atoms with Crippen molar-refractivity contribution in [3.63, 3.8) is 0 Å². The molecule has 0 radical (unpaired) electrons. The van der Waals surface area contributed by atoms with Crippen molar-refractivity contribution in [2.75, 3.05) is 6.54 Å². The lowest BCUT2D eigenvalue weighted by Gasteiger charge is -2.09. The molecule has 1 rings (SSSR count). The van der Waals surface area contributed by atoms with Crippen LogP contribution < -0.4 is 22.5 Å². The first-order valence-electron chi connectivity index (χ1n) is 5.74. The summed E-state index contributed by atoms with van der Waals surface area (Å²) in [7, 11) is 0. The Bertz CT molecular complexity index is 289. The van der Waals surface area contributed by atoms with Gasteiger partial charge in [0.25, 0.3) is 0 Å². The van der Waals surface area contributed by atoms with Gasteiger partial charge in [0, 0.05) is 6.54 Å². The summed E-state index contributed by atoms with van der Waals surface area (Å²) >= 11 is 0. The van der Waals surface area contributed by atoms with E-state index in [2.05, 4.69) is 23.5 Å². The predicted octanol–water partition coefficient (Wildman–Crippen LogP) is 0.676. The fourth-order valence-electron chi connectivity index (χ4n) is 1.54. The van der Waals surface area contributed by atoms with Gasteiger partial charge in [0.15, 0.2) is 0 Å². The molecule has 0 aliphatic heterocycles. The van der Waals surface area contributed by atoms with Gasteiger partial charge >= 0.3 is 0 Å². The highest BCUT2D eigenvalue weighted by Crippen LogP contribution is 2.12. The number of rotatable bonds is 6. The monoisotopic (exact) mass is 222 g/mol. The van der Waals surface area contributed by atoms with Gasteiger partial charge in [-0.3, -0.25) is 0 Å². The van der Waals surface area contributed by atoms with E-state index in [1.54, 1.807) is 0 Å². The molecule has 7 N–H and O–H groups in total. The maximum Gasteiger partial charge on any atom is 0.0920 e. The van der Waals surface area contributed by atoms with Crippen LogP contribution in [0.15, 0.2) is 35.7 Å². The number of allylic oxidation sites excluding steroid dienone is 3. The molecule has 1 aliphatic rings. The Morgan fingerprint density at radius 2 is 2.25 bits per heavy atom. The van der Waals surface area contributed by atoms with Gasteiger partial charge in [-0.25, -0.2) is 0 Å². The summed E-state index contributed by atoms with van der Waals surface area (Å²) in [4.78, 5) is 0. The van der Waals surface area contributed by atoms with Crippen LogP contribution in [-0.4, -0.2) is 12.7 Å². The second kappa shape index (κ2) is 7.09. The second-order valence-corrected chi connectivity index (χ2v) is 3.99. The predicted molar refractivity (Wildman–Crippen MR) is 68.1 cm³/mol. The van der Waals surface area contributed by atoms with Gasteiger partial charge in [-0.1, -0.05) is 23.8 Å². The summed E-state index contributed by atoms with van der Waals surface area (Å²) in [6.07, 6.45) is 12.1. The first kappa shape index (κ1) is 12.8. The molecule has 0 aromatic heterocycles. The molecule has 0 aromatic carbocycles. The quantitative estimate of drug-likeness (QED) is 0.497. The highest BCUT2D eigenvalue weighted by molar-refractivity contribution is 5.22. The largest absolute Gasteiger partial charge is 0.386 e. The molecule has 0 aromatic rings. The maximum absolute atomic E-state index is 5.74. The maximum atomic E-state index is 5.74. The van der Waals surface area contributed by atoms with Gasteiger partial charge in [0.1, 0.15) is 0 Å². The van der Waals surface area contributed by atoms with E-state index in [0.29, 0.717) is 12.2 Å². The third-order valence-corrected chi connectivity index (χ3v) is 2.42. The van der Waals surface area contributed by atoms with Crippen molar-refractivity contribution in [3.8, 4) is 0 Å². The van der Waals surface area contributed by atoms with Crippen LogP contribution >= 0.6 is 0 Å². The number of hydrogen-bond acceptors (Lipinski definition) is 4. The third kappa shape index (κ3) is 5.58. The summed E-state index contributed by atoms with van der Waals surface area (Å²) in [5.41, 5.74) is 18.0. The summed E-state index contributed by atoms with van der Waals surface area (Å²) in [5, 5.41) is 3.14. The lowest BCUT2D eigenvalue weighted by Crippen LogP contribution is -2.30. The minimum atomic E-state index is -0.329. The van der Waals surface area contributed by atoms with Crippen LogP contribution in [0, 0.1) is 0 Å². The van der Waals surface area contributed by atoms with E-state index >= 15 is 0 Å². The zero-order valence-electron chi connectivity index (χ0n) is 9.65. The van der Waals surface area contributed by atoms with Gasteiger partial charge in [-0.15, -0.1) is 0 Å². The van der Waals surface area contributed by atoms with E-state index in [-0.39, 0.29) is 6.17 Å². The average Bonchev–Trinajstić information content (AvgIpc) is 2.28. The molecule has 4 nitrogen and oxygen atoms in total. The van der Waals surface area contributed by atoms with Crippen LogP contribution in [-0.2, 0) is 0 Å². The highest BCUT2D eigenvalue weighted by atomic mass is 15.0. The molecule has 0 fully saturated rings.